The molecule has 0 radical (unpaired) electrons. The quantitative estimate of drug-likeness (QED) is 0.817. The van der Waals surface area contributed by atoms with Gasteiger partial charge in [-0.15, -0.1) is 0 Å². The third kappa shape index (κ3) is 4.26. The lowest BCUT2D eigenvalue weighted by Crippen LogP contribution is -2.24. The van der Waals surface area contributed by atoms with E-state index in [1.54, 1.807) is 24.3 Å². The van der Waals surface area contributed by atoms with Crippen LogP contribution in [0.4, 0.5) is 0 Å². The second-order valence-electron chi connectivity index (χ2n) is 4.46. The summed E-state index contributed by atoms with van der Waals surface area (Å²) >= 11 is 11.9. The van der Waals surface area contributed by atoms with E-state index in [1.165, 1.54) is 0 Å². The van der Waals surface area contributed by atoms with Crippen molar-refractivity contribution in [3.63, 3.8) is 0 Å². The maximum absolute atomic E-state index is 11.9. The highest BCUT2D eigenvalue weighted by Gasteiger charge is 2.05. The molecule has 2 aromatic rings. The van der Waals surface area contributed by atoms with Crippen molar-refractivity contribution in [1.29, 1.82) is 0 Å². The Labute approximate surface area is 128 Å². The largest absolute Gasteiger partial charge is 0.352 e. The summed E-state index contributed by atoms with van der Waals surface area (Å²) in [5.74, 6) is -0.105. The molecule has 4 heteroatoms. The molecule has 1 amide bonds. The van der Waals surface area contributed by atoms with E-state index in [1.807, 2.05) is 24.3 Å². The molecule has 0 aliphatic heterocycles. The van der Waals surface area contributed by atoms with Gasteiger partial charge in [-0.05, 0) is 42.7 Å². The Morgan fingerprint density at radius 2 is 1.85 bits per heavy atom. The topological polar surface area (TPSA) is 29.1 Å². The highest BCUT2D eigenvalue weighted by atomic mass is 35.5. The van der Waals surface area contributed by atoms with Crippen LogP contribution in [0.5, 0.6) is 0 Å². The van der Waals surface area contributed by atoms with Crippen LogP contribution in [0.15, 0.2) is 48.5 Å². The standard InChI is InChI=1S/C16H15Cl2NO/c17-14-8-3-6-13(11-14)16(20)19-10-4-7-12-5-1-2-9-15(12)18/h1-3,5-6,8-9,11H,4,7,10H2,(H,19,20). The molecule has 2 nitrogen and oxygen atoms in total. The first-order valence-electron chi connectivity index (χ1n) is 6.44. The number of carbonyl (C=O) groups is 1. The molecule has 0 fully saturated rings. The van der Waals surface area contributed by atoms with Gasteiger partial charge in [-0.2, -0.15) is 0 Å². The molecule has 20 heavy (non-hydrogen) atoms. The fourth-order valence-corrected chi connectivity index (χ4v) is 2.33. The Morgan fingerprint density at radius 3 is 2.60 bits per heavy atom. The Kier molecular flexibility index (Phi) is 5.45. The van der Waals surface area contributed by atoms with Crippen molar-refractivity contribution in [2.45, 2.75) is 12.8 Å². The van der Waals surface area contributed by atoms with Crippen LogP contribution in [0, 0.1) is 0 Å². The number of amides is 1. The van der Waals surface area contributed by atoms with Gasteiger partial charge in [0.1, 0.15) is 0 Å². The van der Waals surface area contributed by atoms with Crippen LogP contribution >= 0.6 is 23.2 Å². The second kappa shape index (κ2) is 7.32. The monoisotopic (exact) mass is 307 g/mol. The lowest BCUT2D eigenvalue weighted by atomic mass is 10.1. The second-order valence-corrected chi connectivity index (χ2v) is 5.30. The first kappa shape index (κ1) is 14.9. The molecule has 0 bridgehead atoms. The SMILES string of the molecule is O=C(NCCCc1ccccc1Cl)c1cccc(Cl)c1. The summed E-state index contributed by atoms with van der Waals surface area (Å²) < 4.78 is 0. The number of hydrogen-bond donors (Lipinski definition) is 1. The smallest absolute Gasteiger partial charge is 0.251 e. The van der Waals surface area contributed by atoms with Crippen molar-refractivity contribution >= 4 is 29.1 Å². The number of rotatable bonds is 5. The first-order valence-corrected chi connectivity index (χ1v) is 7.19. The van der Waals surface area contributed by atoms with Crippen molar-refractivity contribution in [2.75, 3.05) is 6.54 Å². The minimum Gasteiger partial charge on any atom is -0.352 e. The molecule has 2 aromatic carbocycles. The lowest BCUT2D eigenvalue weighted by molar-refractivity contribution is 0.0953. The normalized spacial score (nSPS) is 10.3. The summed E-state index contributed by atoms with van der Waals surface area (Å²) in [7, 11) is 0. The van der Waals surface area contributed by atoms with E-state index in [4.69, 9.17) is 23.2 Å². The van der Waals surface area contributed by atoms with Gasteiger partial charge in [0.25, 0.3) is 5.91 Å². The number of nitrogens with one attached hydrogen (secondary N) is 1. The number of aryl methyl sites for hydroxylation is 1. The third-order valence-corrected chi connectivity index (χ3v) is 3.56. The molecule has 0 saturated heterocycles. The highest BCUT2D eigenvalue weighted by molar-refractivity contribution is 6.31. The van der Waals surface area contributed by atoms with Crippen molar-refractivity contribution < 1.29 is 4.79 Å². The minimum atomic E-state index is -0.105. The summed E-state index contributed by atoms with van der Waals surface area (Å²) in [4.78, 5) is 11.9. The summed E-state index contributed by atoms with van der Waals surface area (Å²) in [5.41, 5.74) is 1.68. The summed E-state index contributed by atoms with van der Waals surface area (Å²) in [6.45, 7) is 0.608. The molecule has 0 aromatic heterocycles. The Balaban J connectivity index is 1.79. The molecule has 0 unspecified atom stereocenters. The van der Waals surface area contributed by atoms with Crippen LogP contribution in [0.2, 0.25) is 10.0 Å². The Morgan fingerprint density at radius 1 is 1.05 bits per heavy atom. The van der Waals surface area contributed by atoms with E-state index in [-0.39, 0.29) is 5.91 Å². The fourth-order valence-electron chi connectivity index (χ4n) is 1.91. The molecule has 0 atom stereocenters. The van der Waals surface area contributed by atoms with Gasteiger partial charge in [0.15, 0.2) is 0 Å². The zero-order valence-corrected chi connectivity index (χ0v) is 12.4. The van der Waals surface area contributed by atoms with E-state index in [0.717, 1.165) is 23.4 Å². The molecule has 0 spiro atoms. The zero-order valence-electron chi connectivity index (χ0n) is 10.9. The summed E-state index contributed by atoms with van der Waals surface area (Å²) in [6, 6.07) is 14.7. The average molecular weight is 308 g/mol. The van der Waals surface area contributed by atoms with Crippen LogP contribution in [-0.4, -0.2) is 12.5 Å². The van der Waals surface area contributed by atoms with Crippen molar-refractivity contribution in [1.82, 2.24) is 5.32 Å². The lowest BCUT2D eigenvalue weighted by Gasteiger charge is -2.06. The number of halogens is 2. The summed E-state index contributed by atoms with van der Waals surface area (Å²) in [6.07, 6.45) is 1.69. The summed E-state index contributed by atoms with van der Waals surface area (Å²) in [5, 5.41) is 4.21. The predicted octanol–water partition coefficient (Wildman–Crippen LogP) is 4.36. The molecular formula is C16H15Cl2NO. The van der Waals surface area contributed by atoms with Gasteiger partial charge in [-0.3, -0.25) is 4.79 Å². The number of carbonyl (C=O) groups excluding carboxylic acids is 1. The zero-order chi connectivity index (χ0) is 14.4. The predicted molar refractivity (Wildman–Crippen MR) is 83.6 cm³/mol. The van der Waals surface area contributed by atoms with Crippen LogP contribution in [0.1, 0.15) is 22.3 Å². The van der Waals surface area contributed by atoms with Gasteiger partial charge >= 0.3 is 0 Å². The van der Waals surface area contributed by atoms with Crippen LogP contribution in [0.3, 0.4) is 0 Å². The molecule has 0 heterocycles. The maximum Gasteiger partial charge on any atom is 0.251 e. The molecule has 2 rings (SSSR count). The first-order chi connectivity index (χ1) is 9.66. The number of benzene rings is 2. The van der Waals surface area contributed by atoms with Gasteiger partial charge in [0.05, 0.1) is 0 Å². The molecular weight excluding hydrogens is 293 g/mol. The van der Waals surface area contributed by atoms with E-state index in [9.17, 15) is 4.79 Å². The highest BCUT2D eigenvalue weighted by Crippen LogP contribution is 2.16. The molecule has 0 aliphatic rings. The fraction of sp³-hybridized carbons (Fsp3) is 0.188. The molecule has 0 aliphatic carbocycles. The van der Waals surface area contributed by atoms with Crippen LogP contribution in [0.25, 0.3) is 0 Å². The molecule has 0 saturated carbocycles. The van der Waals surface area contributed by atoms with Gasteiger partial charge in [0.2, 0.25) is 0 Å². The van der Waals surface area contributed by atoms with Crippen molar-refractivity contribution in [3.8, 4) is 0 Å². The van der Waals surface area contributed by atoms with Gasteiger partial charge < -0.3 is 5.32 Å². The van der Waals surface area contributed by atoms with Crippen molar-refractivity contribution in [2.24, 2.45) is 0 Å². The van der Waals surface area contributed by atoms with Gasteiger partial charge in [-0.25, -0.2) is 0 Å². The maximum atomic E-state index is 11.9. The van der Waals surface area contributed by atoms with Crippen LogP contribution in [-0.2, 0) is 6.42 Å². The van der Waals surface area contributed by atoms with E-state index in [0.29, 0.717) is 17.1 Å². The Hall–Kier alpha value is -1.51. The Bertz CT molecular complexity index is 599. The van der Waals surface area contributed by atoms with E-state index < -0.39 is 0 Å². The third-order valence-electron chi connectivity index (χ3n) is 2.95. The van der Waals surface area contributed by atoms with Crippen molar-refractivity contribution in [3.05, 3.63) is 69.7 Å². The van der Waals surface area contributed by atoms with E-state index in [2.05, 4.69) is 5.32 Å². The van der Waals surface area contributed by atoms with Crippen LogP contribution < -0.4 is 5.32 Å². The van der Waals surface area contributed by atoms with Gasteiger partial charge in [0, 0.05) is 22.2 Å². The van der Waals surface area contributed by atoms with E-state index >= 15 is 0 Å². The number of hydrogen-bond acceptors (Lipinski definition) is 1. The average Bonchev–Trinajstić information content (AvgIpc) is 2.45. The minimum absolute atomic E-state index is 0.105. The molecule has 104 valence electrons. The van der Waals surface area contributed by atoms with Gasteiger partial charge in [-0.1, -0.05) is 47.5 Å². The molecule has 1 N–H and O–H groups in total.